The van der Waals surface area contributed by atoms with Gasteiger partial charge in [-0.15, -0.1) is 0 Å². The Morgan fingerprint density at radius 1 is 0.960 bits per heavy atom. The van der Waals surface area contributed by atoms with E-state index in [-0.39, 0.29) is 35.7 Å². The number of hydrogen-bond donors (Lipinski definition) is 3. The number of carbonyl (C=O) groups excluding carboxylic acids is 4. The number of hydrogen-bond acceptors (Lipinski definition) is 5. The van der Waals surface area contributed by atoms with Gasteiger partial charge < -0.3 is 20.6 Å². The monoisotopic (exact) mass is 698 g/mol. The number of nitrogens with one attached hydrogen (secondary N) is 2. The molecule has 2 fully saturated rings. The van der Waals surface area contributed by atoms with E-state index in [0.29, 0.717) is 54.9 Å². The molecule has 50 heavy (non-hydrogen) atoms. The van der Waals surface area contributed by atoms with Crippen molar-refractivity contribution in [1.29, 1.82) is 0 Å². The highest BCUT2D eigenvalue weighted by Crippen LogP contribution is 2.42. The Kier molecular flexibility index (Phi) is 11.7. The van der Waals surface area contributed by atoms with Crippen LogP contribution >= 0.6 is 11.6 Å². The van der Waals surface area contributed by atoms with Gasteiger partial charge in [0.25, 0.3) is 5.91 Å². The van der Waals surface area contributed by atoms with Crippen molar-refractivity contribution >= 4 is 53.0 Å². The van der Waals surface area contributed by atoms with Crippen LogP contribution in [0.4, 0.5) is 5.69 Å². The fourth-order valence-corrected chi connectivity index (χ4v) is 7.13. The van der Waals surface area contributed by atoms with Gasteiger partial charge in [0.2, 0.25) is 17.7 Å². The average Bonchev–Trinajstić information content (AvgIpc) is 3.69. The van der Waals surface area contributed by atoms with Crippen LogP contribution < -0.4 is 15.5 Å². The Balaban J connectivity index is 1.45. The number of halogens is 1. The van der Waals surface area contributed by atoms with Crippen LogP contribution in [0.3, 0.4) is 0 Å². The van der Waals surface area contributed by atoms with Crippen molar-refractivity contribution in [2.45, 2.75) is 77.4 Å². The van der Waals surface area contributed by atoms with Crippen LogP contribution in [0, 0.1) is 5.41 Å². The van der Waals surface area contributed by atoms with Gasteiger partial charge in [0.05, 0.1) is 5.41 Å². The number of benzene rings is 3. The topological polar surface area (TPSA) is 136 Å². The average molecular weight is 699 g/mol. The third kappa shape index (κ3) is 8.25. The SMILES string of the molecule is CCCC(=O)N1C(Cc2ccc(Cl)cc2)C(=O)N(c2ccc(C=C(NC(=O)C3(CCNC(C)=O)CCCC3)C(=O)O)cc2)C1c1ccccc1. The third-order valence-corrected chi connectivity index (χ3v) is 9.79. The molecule has 262 valence electrons. The van der Waals surface area contributed by atoms with Gasteiger partial charge in [0.1, 0.15) is 17.9 Å². The number of aliphatic carboxylic acids is 1. The van der Waals surface area contributed by atoms with Crippen molar-refractivity contribution in [2.75, 3.05) is 11.4 Å². The van der Waals surface area contributed by atoms with Crippen LogP contribution in [0.1, 0.15) is 81.6 Å². The second kappa shape index (κ2) is 16.2. The standard InChI is InChI=1S/C39H43ClN4O6/c1-3-9-34(46)44-33(25-28-12-16-30(40)17-13-28)36(47)43(35(44)29-10-5-4-6-11-29)31-18-14-27(15-19-31)24-32(37(48)49)42-38(50)39(20-7-8-21-39)22-23-41-26(2)45/h4-6,10-19,24,33,35H,3,7-9,20-23,25H2,1-2H3,(H,41,45)(H,42,50)(H,48,49). The van der Waals surface area contributed by atoms with E-state index >= 15 is 0 Å². The minimum absolute atomic E-state index is 0.130. The molecule has 1 saturated heterocycles. The zero-order valence-electron chi connectivity index (χ0n) is 28.4. The van der Waals surface area contributed by atoms with Crippen molar-refractivity contribution in [3.8, 4) is 0 Å². The molecule has 0 bridgehead atoms. The van der Waals surface area contributed by atoms with Crippen molar-refractivity contribution in [3.05, 3.63) is 106 Å². The molecule has 1 aliphatic heterocycles. The summed E-state index contributed by atoms with van der Waals surface area (Å²) in [6.07, 6.45) is 5.25. The number of rotatable bonds is 13. The molecule has 2 atom stereocenters. The predicted octanol–water partition coefficient (Wildman–Crippen LogP) is 6.25. The van der Waals surface area contributed by atoms with Crippen molar-refractivity contribution < 1.29 is 29.1 Å². The molecule has 1 aliphatic carbocycles. The van der Waals surface area contributed by atoms with Crippen LogP contribution in [0.2, 0.25) is 5.02 Å². The Morgan fingerprint density at radius 2 is 1.62 bits per heavy atom. The Morgan fingerprint density at radius 3 is 2.22 bits per heavy atom. The van der Waals surface area contributed by atoms with Gasteiger partial charge in [-0.25, -0.2) is 4.79 Å². The van der Waals surface area contributed by atoms with Crippen LogP contribution in [0.5, 0.6) is 0 Å². The van der Waals surface area contributed by atoms with Crippen LogP contribution in [0.15, 0.2) is 84.6 Å². The zero-order chi connectivity index (χ0) is 35.8. The summed E-state index contributed by atoms with van der Waals surface area (Å²) in [5.74, 6) is -2.21. The van der Waals surface area contributed by atoms with E-state index in [2.05, 4.69) is 10.6 Å². The number of nitrogens with zero attached hydrogens (tertiary/aromatic N) is 2. The number of carboxylic acid groups (broad SMARTS) is 1. The Labute approximate surface area is 297 Å². The molecule has 2 unspecified atom stereocenters. The second-order valence-corrected chi connectivity index (χ2v) is 13.5. The lowest BCUT2D eigenvalue weighted by molar-refractivity contribution is -0.137. The number of carboxylic acids is 1. The third-order valence-electron chi connectivity index (χ3n) is 9.54. The highest BCUT2D eigenvalue weighted by atomic mass is 35.5. The highest BCUT2D eigenvalue weighted by Gasteiger charge is 2.49. The summed E-state index contributed by atoms with van der Waals surface area (Å²) in [5, 5.41) is 16.0. The second-order valence-electron chi connectivity index (χ2n) is 13.0. The molecule has 1 heterocycles. The normalized spacial score (nSPS) is 18.6. The summed E-state index contributed by atoms with van der Waals surface area (Å²) >= 11 is 6.12. The van der Waals surface area contributed by atoms with E-state index in [0.717, 1.165) is 24.0 Å². The smallest absolute Gasteiger partial charge is 0.352 e. The number of anilines is 1. The molecule has 5 rings (SSSR count). The number of amides is 4. The molecule has 3 N–H and O–H groups in total. The van der Waals surface area contributed by atoms with Crippen molar-refractivity contribution in [3.63, 3.8) is 0 Å². The molecule has 0 spiro atoms. The predicted molar refractivity (Wildman–Crippen MR) is 192 cm³/mol. The van der Waals surface area contributed by atoms with Gasteiger partial charge >= 0.3 is 5.97 Å². The summed E-state index contributed by atoms with van der Waals surface area (Å²) in [4.78, 5) is 68.6. The van der Waals surface area contributed by atoms with E-state index in [1.54, 1.807) is 46.2 Å². The first-order valence-electron chi connectivity index (χ1n) is 17.1. The van der Waals surface area contributed by atoms with Gasteiger partial charge in [0.15, 0.2) is 0 Å². The summed E-state index contributed by atoms with van der Waals surface area (Å²) in [5.41, 5.74) is 1.67. The maximum Gasteiger partial charge on any atom is 0.352 e. The van der Waals surface area contributed by atoms with E-state index in [9.17, 15) is 29.1 Å². The minimum atomic E-state index is -1.29. The first-order chi connectivity index (χ1) is 24.0. The van der Waals surface area contributed by atoms with E-state index in [1.807, 2.05) is 49.4 Å². The lowest BCUT2D eigenvalue weighted by Gasteiger charge is -2.32. The van der Waals surface area contributed by atoms with Crippen molar-refractivity contribution in [1.82, 2.24) is 15.5 Å². The molecule has 2 aliphatic rings. The summed E-state index contributed by atoms with van der Waals surface area (Å²) < 4.78 is 0. The summed E-state index contributed by atoms with van der Waals surface area (Å²) in [7, 11) is 0. The molecule has 3 aromatic carbocycles. The molecule has 1 saturated carbocycles. The van der Waals surface area contributed by atoms with E-state index in [1.165, 1.54) is 13.0 Å². The van der Waals surface area contributed by atoms with E-state index in [4.69, 9.17) is 11.6 Å². The Hall–Kier alpha value is -4.96. The molecule has 0 radical (unpaired) electrons. The van der Waals surface area contributed by atoms with Crippen LogP contribution in [0.25, 0.3) is 6.08 Å². The quantitative estimate of drug-likeness (QED) is 0.181. The summed E-state index contributed by atoms with van der Waals surface area (Å²) in [6, 6.07) is 22.7. The van der Waals surface area contributed by atoms with Crippen LogP contribution in [-0.2, 0) is 30.4 Å². The lowest BCUT2D eigenvalue weighted by Crippen LogP contribution is -2.42. The minimum Gasteiger partial charge on any atom is -0.477 e. The molecule has 10 nitrogen and oxygen atoms in total. The van der Waals surface area contributed by atoms with Gasteiger partial charge in [-0.1, -0.05) is 86.0 Å². The molecule has 0 aromatic heterocycles. The largest absolute Gasteiger partial charge is 0.477 e. The molecule has 3 aromatic rings. The fourth-order valence-electron chi connectivity index (χ4n) is 7.00. The summed E-state index contributed by atoms with van der Waals surface area (Å²) in [6.45, 7) is 3.68. The van der Waals surface area contributed by atoms with Crippen LogP contribution in [-0.4, -0.2) is 52.2 Å². The molecule has 4 amide bonds. The van der Waals surface area contributed by atoms with E-state index < -0.39 is 23.6 Å². The molecular formula is C39H43ClN4O6. The maximum atomic E-state index is 14.4. The fraction of sp³-hybridized carbons (Fsp3) is 0.359. The van der Waals surface area contributed by atoms with Gasteiger partial charge in [0, 0.05) is 37.0 Å². The lowest BCUT2D eigenvalue weighted by atomic mass is 9.81. The first kappa shape index (κ1) is 36.3. The maximum absolute atomic E-state index is 14.4. The first-order valence-corrected chi connectivity index (χ1v) is 17.5. The van der Waals surface area contributed by atoms with Gasteiger partial charge in [-0.05, 0) is 72.7 Å². The zero-order valence-corrected chi connectivity index (χ0v) is 29.1. The highest BCUT2D eigenvalue weighted by molar-refractivity contribution is 6.30. The number of carbonyl (C=O) groups is 5. The van der Waals surface area contributed by atoms with Gasteiger partial charge in [-0.3, -0.25) is 24.1 Å². The Bertz CT molecular complexity index is 1740. The van der Waals surface area contributed by atoms with Crippen molar-refractivity contribution in [2.24, 2.45) is 5.41 Å². The molecule has 11 heteroatoms. The van der Waals surface area contributed by atoms with Gasteiger partial charge in [-0.2, -0.15) is 0 Å². The molecular weight excluding hydrogens is 656 g/mol.